The Bertz CT molecular complexity index is 2710. The Kier molecular flexibility index (Phi) is 5.57. The molecular weight excluding hydrogens is 572 g/mol. The Morgan fingerprint density at radius 1 is 0.340 bits per heavy atom. The molecular formula is C44H28N2O. The van der Waals surface area contributed by atoms with Crippen LogP contribution in [0, 0.1) is 0 Å². The molecule has 0 atom stereocenters. The first-order chi connectivity index (χ1) is 23.3. The molecule has 0 unspecified atom stereocenters. The van der Waals surface area contributed by atoms with Gasteiger partial charge in [0.1, 0.15) is 5.58 Å². The first-order valence-electron chi connectivity index (χ1n) is 16.0. The zero-order chi connectivity index (χ0) is 30.9. The van der Waals surface area contributed by atoms with Gasteiger partial charge >= 0.3 is 0 Å². The molecule has 0 saturated carbocycles. The second-order valence-electron chi connectivity index (χ2n) is 12.2. The van der Waals surface area contributed by atoms with Gasteiger partial charge in [-0.2, -0.15) is 0 Å². The van der Waals surface area contributed by atoms with Crippen molar-refractivity contribution in [1.29, 1.82) is 0 Å². The van der Waals surface area contributed by atoms with E-state index < -0.39 is 0 Å². The Balaban J connectivity index is 1.03. The molecule has 0 aliphatic carbocycles. The normalized spacial score (nSPS) is 11.8. The van der Waals surface area contributed by atoms with Gasteiger partial charge in [0.15, 0.2) is 0 Å². The molecule has 47 heavy (non-hydrogen) atoms. The van der Waals surface area contributed by atoms with Crippen LogP contribution in [0.2, 0.25) is 0 Å². The molecule has 0 radical (unpaired) electrons. The molecule has 3 heteroatoms. The zero-order valence-corrected chi connectivity index (χ0v) is 25.5. The number of rotatable bonds is 4. The maximum Gasteiger partial charge on any atom is 0.213 e. The van der Waals surface area contributed by atoms with Crippen LogP contribution in [0.5, 0.6) is 0 Å². The SMILES string of the molecule is c1ccc(-n2c3cc(-c4ccc(-c5ccc(-n6c7ccccc7c7ccccc76)cc5)cc4)ccc3c3c4ccccc4oc32)cc1. The molecule has 10 aromatic rings. The van der Waals surface area contributed by atoms with Crippen LogP contribution in [0.15, 0.2) is 174 Å². The minimum atomic E-state index is 0.879. The van der Waals surface area contributed by atoms with E-state index in [2.05, 4.69) is 167 Å². The van der Waals surface area contributed by atoms with E-state index in [4.69, 9.17) is 4.42 Å². The number of hydrogen-bond donors (Lipinski definition) is 0. The molecule has 3 aromatic heterocycles. The lowest BCUT2D eigenvalue weighted by molar-refractivity contribution is 0.645. The summed E-state index contributed by atoms with van der Waals surface area (Å²) in [6.45, 7) is 0. The second-order valence-corrected chi connectivity index (χ2v) is 12.2. The van der Waals surface area contributed by atoms with Crippen molar-refractivity contribution >= 4 is 54.8 Å². The summed E-state index contributed by atoms with van der Waals surface area (Å²) in [4.78, 5) is 0. The van der Waals surface area contributed by atoms with Gasteiger partial charge in [0, 0.05) is 32.9 Å². The highest BCUT2D eigenvalue weighted by atomic mass is 16.3. The average Bonchev–Trinajstić information content (AvgIpc) is 3.79. The van der Waals surface area contributed by atoms with Gasteiger partial charge in [-0.05, 0) is 70.8 Å². The number of furan rings is 1. The summed E-state index contributed by atoms with van der Waals surface area (Å²) >= 11 is 0. The van der Waals surface area contributed by atoms with Crippen molar-refractivity contribution in [1.82, 2.24) is 9.13 Å². The van der Waals surface area contributed by atoms with Gasteiger partial charge in [0.05, 0.1) is 21.9 Å². The van der Waals surface area contributed by atoms with Gasteiger partial charge in [0.25, 0.3) is 0 Å². The van der Waals surface area contributed by atoms with Gasteiger partial charge in [-0.1, -0.05) is 121 Å². The Morgan fingerprint density at radius 3 is 1.53 bits per heavy atom. The van der Waals surface area contributed by atoms with Crippen molar-refractivity contribution in [2.45, 2.75) is 0 Å². The summed E-state index contributed by atoms with van der Waals surface area (Å²) < 4.78 is 11.1. The van der Waals surface area contributed by atoms with Crippen molar-refractivity contribution in [3.63, 3.8) is 0 Å². The number of fused-ring (bicyclic) bond motifs is 8. The monoisotopic (exact) mass is 600 g/mol. The quantitative estimate of drug-likeness (QED) is 0.197. The molecule has 10 rings (SSSR count). The van der Waals surface area contributed by atoms with E-state index in [1.807, 2.05) is 12.1 Å². The number of nitrogens with zero attached hydrogens (tertiary/aromatic N) is 2. The predicted octanol–water partition coefficient (Wildman–Crippen LogP) is 12.0. The summed E-state index contributed by atoms with van der Waals surface area (Å²) in [5.41, 5.74) is 12.4. The van der Waals surface area contributed by atoms with E-state index >= 15 is 0 Å². The third kappa shape index (κ3) is 3.93. The van der Waals surface area contributed by atoms with Crippen LogP contribution in [-0.2, 0) is 0 Å². The molecule has 7 aromatic carbocycles. The molecule has 3 heterocycles. The Hall–Kier alpha value is -6.32. The summed E-state index contributed by atoms with van der Waals surface area (Å²) in [5, 5.41) is 6.05. The highest BCUT2D eigenvalue weighted by molar-refractivity contribution is 6.20. The fourth-order valence-electron chi connectivity index (χ4n) is 7.36. The minimum Gasteiger partial charge on any atom is -0.439 e. The van der Waals surface area contributed by atoms with Crippen LogP contribution < -0.4 is 0 Å². The summed E-state index contributed by atoms with van der Waals surface area (Å²) in [6.07, 6.45) is 0. The number of hydrogen-bond acceptors (Lipinski definition) is 1. The maximum atomic E-state index is 6.47. The molecule has 220 valence electrons. The smallest absolute Gasteiger partial charge is 0.213 e. The Morgan fingerprint density at radius 2 is 0.851 bits per heavy atom. The van der Waals surface area contributed by atoms with Crippen molar-refractivity contribution in [2.24, 2.45) is 0 Å². The molecule has 0 spiro atoms. The average molecular weight is 601 g/mol. The van der Waals surface area contributed by atoms with Crippen LogP contribution in [0.1, 0.15) is 0 Å². The first-order valence-corrected chi connectivity index (χ1v) is 16.0. The largest absolute Gasteiger partial charge is 0.439 e. The van der Waals surface area contributed by atoms with Gasteiger partial charge in [0.2, 0.25) is 5.71 Å². The molecule has 0 bridgehead atoms. The minimum absolute atomic E-state index is 0.879. The van der Waals surface area contributed by atoms with Crippen LogP contribution in [-0.4, -0.2) is 9.13 Å². The molecule has 0 amide bonds. The van der Waals surface area contributed by atoms with Crippen molar-refractivity contribution in [3.05, 3.63) is 170 Å². The lowest BCUT2D eigenvalue weighted by atomic mass is 9.99. The van der Waals surface area contributed by atoms with Crippen LogP contribution in [0.4, 0.5) is 0 Å². The fraction of sp³-hybridized carbons (Fsp3) is 0. The van der Waals surface area contributed by atoms with Gasteiger partial charge < -0.3 is 8.98 Å². The second kappa shape index (κ2) is 10.1. The number of aromatic nitrogens is 2. The molecule has 0 N–H and O–H groups in total. The summed E-state index contributed by atoms with van der Waals surface area (Å²) in [6, 6.07) is 60.7. The molecule has 0 aliphatic rings. The van der Waals surface area contributed by atoms with Gasteiger partial charge in [-0.25, -0.2) is 0 Å². The van der Waals surface area contributed by atoms with E-state index in [1.54, 1.807) is 0 Å². The van der Waals surface area contributed by atoms with E-state index in [1.165, 1.54) is 49.4 Å². The lowest BCUT2D eigenvalue weighted by Crippen LogP contribution is -1.93. The standard InChI is InChI=1S/C44H28N2O/c1-2-10-33(11-3-1)46-41-28-32(24-27-37(41)43-38-14-6-9-17-42(38)47-44(43)46)31-20-18-29(19-21-31)30-22-25-34(26-23-30)45-39-15-7-4-12-35(39)36-13-5-8-16-40(36)45/h1-28H. The molecule has 0 aliphatic heterocycles. The van der Waals surface area contributed by atoms with Crippen LogP contribution in [0.25, 0.3) is 88.4 Å². The third-order valence-electron chi connectivity index (χ3n) is 9.56. The predicted molar refractivity (Wildman–Crippen MR) is 196 cm³/mol. The summed E-state index contributed by atoms with van der Waals surface area (Å²) in [7, 11) is 0. The topological polar surface area (TPSA) is 23.0 Å². The molecule has 0 saturated heterocycles. The van der Waals surface area contributed by atoms with E-state index in [0.717, 1.165) is 39.0 Å². The number of benzene rings is 7. The Labute approximate surface area is 271 Å². The maximum absolute atomic E-state index is 6.47. The first kappa shape index (κ1) is 26.0. The van der Waals surface area contributed by atoms with E-state index in [9.17, 15) is 0 Å². The lowest BCUT2D eigenvalue weighted by Gasteiger charge is -2.10. The van der Waals surface area contributed by atoms with E-state index in [0.29, 0.717) is 0 Å². The van der Waals surface area contributed by atoms with Crippen LogP contribution >= 0.6 is 0 Å². The highest BCUT2D eigenvalue weighted by Crippen LogP contribution is 2.40. The summed E-state index contributed by atoms with van der Waals surface area (Å²) in [5.74, 6) is 0. The highest BCUT2D eigenvalue weighted by Gasteiger charge is 2.19. The van der Waals surface area contributed by atoms with Crippen LogP contribution in [0.3, 0.4) is 0 Å². The van der Waals surface area contributed by atoms with Crippen molar-refractivity contribution in [3.8, 4) is 33.6 Å². The zero-order valence-electron chi connectivity index (χ0n) is 25.5. The molecule has 0 fully saturated rings. The van der Waals surface area contributed by atoms with Crippen molar-refractivity contribution < 1.29 is 4.42 Å². The van der Waals surface area contributed by atoms with Crippen molar-refractivity contribution in [2.75, 3.05) is 0 Å². The third-order valence-corrected chi connectivity index (χ3v) is 9.56. The van der Waals surface area contributed by atoms with E-state index in [-0.39, 0.29) is 0 Å². The molecule has 3 nitrogen and oxygen atoms in total. The van der Waals surface area contributed by atoms with Gasteiger partial charge in [-0.15, -0.1) is 0 Å². The fourth-order valence-corrected chi connectivity index (χ4v) is 7.36. The number of para-hydroxylation sites is 4. The van der Waals surface area contributed by atoms with Gasteiger partial charge in [-0.3, -0.25) is 4.57 Å².